The smallest absolute Gasteiger partial charge is 0.309 e. The maximum Gasteiger partial charge on any atom is 0.309 e. The molecule has 0 radical (unpaired) electrons. The van der Waals surface area contributed by atoms with Crippen molar-refractivity contribution in [1.29, 1.82) is 0 Å². The second-order valence-corrected chi connectivity index (χ2v) is 8.76. The summed E-state index contributed by atoms with van der Waals surface area (Å²) in [5, 5.41) is 5.87. The van der Waals surface area contributed by atoms with E-state index in [9.17, 15) is 18.0 Å². The van der Waals surface area contributed by atoms with E-state index in [2.05, 4.69) is 17.2 Å². The zero-order valence-corrected chi connectivity index (χ0v) is 16.0. The highest BCUT2D eigenvalue weighted by Gasteiger charge is 2.31. The highest BCUT2D eigenvalue weighted by Crippen LogP contribution is 2.31. The number of thiophene rings is 1. The maximum absolute atomic E-state index is 13.0. The summed E-state index contributed by atoms with van der Waals surface area (Å²) in [6, 6.07) is 9.20. The van der Waals surface area contributed by atoms with Crippen molar-refractivity contribution in [3.05, 3.63) is 64.3 Å². The lowest BCUT2D eigenvalue weighted by Gasteiger charge is -2.17. The van der Waals surface area contributed by atoms with Gasteiger partial charge in [-0.25, -0.2) is 8.42 Å². The van der Waals surface area contributed by atoms with Crippen molar-refractivity contribution in [2.24, 2.45) is 0 Å². The number of carbonyl (C=O) groups excluding carboxylic acids is 2. The highest BCUT2D eigenvalue weighted by molar-refractivity contribution is 7.91. The van der Waals surface area contributed by atoms with Crippen LogP contribution in [0.1, 0.15) is 10.1 Å². The maximum atomic E-state index is 13.0. The number of benzene rings is 1. The summed E-state index contributed by atoms with van der Waals surface area (Å²) in [5.41, 5.74) is 0. The first-order valence-corrected chi connectivity index (χ1v) is 10.4. The van der Waals surface area contributed by atoms with Crippen molar-refractivity contribution < 1.29 is 18.0 Å². The van der Waals surface area contributed by atoms with Gasteiger partial charge in [-0.1, -0.05) is 23.7 Å². The quantitative estimate of drug-likeness (QED) is 0.539. The monoisotopic (exact) mass is 412 g/mol. The van der Waals surface area contributed by atoms with Crippen molar-refractivity contribution in [1.82, 2.24) is 10.6 Å². The van der Waals surface area contributed by atoms with Crippen LogP contribution in [0.4, 0.5) is 0 Å². The molecule has 1 aromatic carbocycles. The van der Waals surface area contributed by atoms with E-state index in [4.69, 9.17) is 11.6 Å². The molecule has 0 aliphatic rings. The third kappa shape index (κ3) is 4.94. The Hall–Kier alpha value is -2.16. The highest BCUT2D eigenvalue weighted by atomic mass is 35.5. The molecule has 2 N–H and O–H groups in total. The van der Waals surface area contributed by atoms with E-state index in [0.717, 1.165) is 0 Å². The average Bonchev–Trinajstić information content (AvgIpc) is 3.14. The van der Waals surface area contributed by atoms with Crippen LogP contribution in [0.2, 0.25) is 5.02 Å². The summed E-state index contributed by atoms with van der Waals surface area (Å²) < 4.78 is 26.0. The number of carbonyl (C=O) groups is 2. The summed E-state index contributed by atoms with van der Waals surface area (Å²) in [6.07, 6.45) is 1.44. The first-order chi connectivity index (χ1) is 12.4. The van der Waals surface area contributed by atoms with Crippen molar-refractivity contribution in [3.8, 4) is 0 Å². The molecular weight excluding hydrogens is 396 g/mol. The van der Waals surface area contributed by atoms with E-state index in [1.165, 1.54) is 41.7 Å². The minimum Gasteiger partial charge on any atom is -0.346 e. The standard InChI is InChI=1S/C17H17ClN2O4S2/c1-2-9-19-16(21)17(22)20-11-15(14-4-3-10-25-14)26(23,24)13-7-5-12(18)6-8-13/h2-8,10,15H,1,9,11H2,(H,19,21)(H,20,22)/t15-/m0/s1. The predicted molar refractivity (Wildman–Crippen MR) is 102 cm³/mol. The van der Waals surface area contributed by atoms with Gasteiger partial charge in [-0.2, -0.15) is 0 Å². The van der Waals surface area contributed by atoms with E-state index in [1.54, 1.807) is 17.5 Å². The topological polar surface area (TPSA) is 92.3 Å². The van der Waals surface area contributed by atoms with Gasteiger partial charge in [-0.05, 0) is 35.7 Å². The van der Waals surface area contributed by atoms with Crippen molar-refractivity contribution in [2.45, 2.75) is 10.1 Å². The van der Waals surface area contributed by atoms with Gasteiger partial charge >= 0.3 is 11.8 Å². The lowest BCUT2D eigenvalue weighted by Crippen LogP contribution is -2.42. The van der Waals surface area contributed by atoms with Crippen molar-refractivity contribution >= 4 is 44.6 Å². The van der Waals surface area contributed by atoms with E-state index in [0.29, 0.717) is 9.90 Å². The second-order valence-electron chi connectivity index (χ2n) is 5.21. The molecule has 2 aromatic rings. The summed E-state index contributed by atoms with van der Waals surface area (Å²) in [5.74, 6) is -1.75. The Balaban J connectivity index is 2.22. The molecule has 6 nitrogen and oxygen atoms in total. The molecule has 2 rings (SSSR count). The number of rotatable bonds is 7. The number of amides is 2. The van der Waals surface area contributed by atoms with Crippen LogP contribution in [-0.4, -0.2) is 33.3 Å². The van der Waals surface area contributed by atoms with Crippen molar-refractivity contribution in [3.63, 3.8) is 0 Å². The molecule has 0 unspecified atom stereocenters. The molecule has 0 aliphatic carbocycles. The molecule has 0 fully saturated rings. The van der Waals surface area contributed by atoms with Crippen LogP contribution in [0.5, 0.6) is 0 Å². The average molecular weight is 413 g/mol. The number of halogens is 1. The third-order valence-corrected chi connectivity index (χ3v) is 6.92. The van der Waals surface area contributed by atoms with Gasteiger partial charge in [0.15, 0.2) is 9.84 Å². The van der Waals surface area contributed by atoms with Gasteiger partial charge in [-0.3, -0.25) is 9.59 Å². The van der Waals surface area contributed by atoms with Gasteiger partial charge in [0.1, 0.15) is 5.25 Å². The molecule has 2 amide bonds. The molecule has 9 heteroatoms. The van der Waals surface area contributed by atoms with Crippen LogP contribution in [-0.2, 0) is 19.4 Å². The summed E-state index contributed by atoms with van der Waals surface area (Å²) in [7, 11) is -3.79. The number of nitrogens with one attached hydrogen (secondary N) is 2. The van der Waals surface area contributed by atoms with Crippen LogP contribution in [0.25, 0.3) is 0 Å². The zero-order chi connectivity index (χ0) is 19.2. The Bertz CT molecular complexity index is 878. The van der Waals surface area contributed by atoms with Crippen LogP contribution in [0.3, 0.4) is 0 Å². The Morgan fingerprint density at radius 1 is 1.15 bits per heavy atom. The molecule has 0 aliphatic heterocycles. The van der Waals surface area contributed by atoms with Gasteiger partial charge in [0.2, 0.25) is 0 Å². The Morgan fingerprint density at radius 2 is 1.81 bits per heavy atom. The van der Waals surface area contributed by atoms with E-state index in [-0.39, 0.29) is 18.0 Å². The molecule has 0 bridgehead atoms. The van der Waals surface area contributed by atoms with E-state index in [1.807, 2.05) is 0 Å². The third-order valence-electron chi connectivity index (χ3n) is 3.44. The van der Waals surface area contributed by atoms with Gasteiger partial charge in [0.05, 0.1) is 4.90 Å². The summed E-state index contributed by atoms with van der Waals surface area (Å²) >= 11 is 7.08. The van der Waals surface area contributed by atoms with E-state index < -0.39 is 26.9 Å². The zero-order valence-electron chi connectivity index (χ0n) is 13.6. The van der Waals surface area contributed by atoms with Gasteiger partial charge in [0, 0.05) is 23.0 Å². The molecule has 138 valence electrons. The lowest BCUT2D eigenvalue weighted by molar-refractivity contribution is -0.139. The normalized spacial score (nSPS) is 12.2. The SMILES string of the molecule is C=CCNC(=O)C(=O)NC[C@@H](c1cccs1)S(=O)(=O)c1ccc(Cl)cc1. The second kappa shape index (κ2) is 8.98. The Kier molecular flexibility index (Phi) is 6.96. The number of hydrogen-bond acceptors (Lipinski definition) is 5. The van der Waals surface area contributed by atoms with Gasteiger partial charge in [0.25, 0.3) is 0 Å². The van der Waals surface area contributed by atoms with Crippen LogP contribution in [0.15, 0.2) is 59.3 Å². The fraction of sp³-hybridized carbons (Fsp3) is 0.176. The molecule has 1 heterocycles. The molecule has 0 saturated heterocycles. The summed E-state index contributed by atoms with van der Waals surface area (Å²) in [6.45, 7) is 3.35. The Labute approximate surface area is 160 Å². The first-order valence-electron chi connectivity index (χ1n) is 7.56. The first kappa shape index (κ1) is 20.2. The fourth-order valence-corrected chi connectivity index (χ4v) is 5.05. The molecular formula is C17H17ClN2O4S2. The summed E-state index contributed by atoms with van der Waals surface area (Å²) in [4.78, 5) is 24.1. The molecule has 26 heavy (non-hydrogen) atoms. The molecule has 0 spiro atoms. The van der Waals surface area contributed by atoms with Gasteiger partial charge in [-0.15, -0.1) is 17.9 Å². The molecule has 0 saturated carbocycles. The van der Waals surface area contributed by atoms with Gasteiger partial charge < -0.3 is 10.6 Å². The number of hydrogen-bond donors (Lipinski definition) is 2. The molecule has 1 atom stereocenters. The minimum absolute atomic E-state index is 0.0886. The largest absolute Gasteiger partial charge is 0.346 e. The lowest BCUT2D eigenvalue weighted by atomic mass is 10.3. The number of sulfone groups is 1. The fourth-order valence-electron chi connectivity index (χ4n) is 2.14. The predicted octanol–water partition coefficient (Wildman–Crippen LogP) is 2.33. The Morgan fingerprint density at radius 3 is 2.38 bits per heavy atom. The van der Waals surface area contributed by atoms with Crippen molar-refractivity contribution in [2.75, 3.05) is 13.1 Å². The van der Waals surface area contributed by atoms with E-state index >= 15 is 0 Å². The van der Waals surface area contributed by atoms with Crippen LogP contribution >= 0.6 is 22.9 Å². The minimum atomic E-state index is -3.79. The molecule has 1 aromatic heterocycles. The van der Waals surface area contributed by atoms with Crippen LogP contribution < -0.4 is 10.6 Å². The van der Waals surface area contributed by atoms with Crippen LogP contribution in [0, 0.1) is 0 Å².